The van der Waals surface area contributed by atoms with Gasteiger partial charge in [-0.25, -0.2) is 9.97 Å². The van der Waals surface area contributed by atoms with E-state index in [0.717, 1.165) is 18.5 Å². The molecule has 1 aliphatic rings. The lowest BCUT2D eigenvalue weighted by Gasteiger charge is -2.33. The third kappa shape index (κ3) is 5.15. The minimum Gasteiger partial charge on any atom is -0.466 e. The van der Waals surface area contributed by atoms with Gasteiger partial charge in [-0.05, 0) is 45.2 Å². The predicted octanol–water partition coefficient (Wildman–Crippen LogP) is 4.49. The largest absolute Gasteiger partial charge is 0.466 e. The average molecular weight is 442 g/mol. The summed E-state index contributed by atoms with van der Waals surface area (Å²) in [6.45, 7) is 7.27. The van der Waals surface area contributed by atoms with E-state index < -0.39 is 4.92 Å². The van der Waals surface area contributed by atoms with Gasteiger partial charge < -0.3 is 14.5 Å². The number of piperidine rings is 1. The number of nitro groups is 1. The molecule has 0 bridgehead atoms. The molecule has 1 saturated heterocycles. The zero-order valence-electron chi connectivity index (χ0n) is 18.9. The van der Waals surface area contributed by atoms with Gasteiger partial charge in [0.05, 0.1) is 17.4 Å². The number of esters is 1. The summed E-state index contributed by atoms with van der Waals surface area (Å²) in [6.07, 6.45) is 4.34. The van der Waals surface area contributed by atoms with E-state index in [0.29, 0.717) is 44.2 Å². The van der Waals surface area contributed by atoms with Gasteiger partial charge in [0, 0.05) is 24.8 Å². The van der Waals surface area contributed by atoms with Crippen molar-refractivity contribution in [1.29, 1.82) is 0 Å². The quantitative estimate of drug-likeness (QED) is 0.319. The monoisotopic (exact) mass is 441 g/mol. The highest BCUT2D eigenvalue weighted by Gasteiger charge is 2.35. The van der Waals surface area contributed by atoms with Gasteiger partial charge in [0.2, 0.25) is 11.6 Å². The molecule has 32 heavy (non-hydrogen) atoms. The number of carbonyl (C=O) groups is 1. The fourth-order valence-electron chi connectivity index (χ4n) is 4.24. The van der Waals surface area contributed by atoms with Crippen molar-refractivity contribution in [3.8, 4) is 0 Å². The van der Waals surface area contributed by atoms with Crippen LogP contribution in [0.4, 0.5) is 23.0 Å². The first-order valence-electron chi connectivity index (χ1n) is 11.2. The normalized spacial score (nSPS) is 15.3. The van der Waals surface area contributed by atoms with Crippen molar-refractivity contribution < 1.29 is 14.5 Å². The second-order valence-corrected chi connectivity index (χ2v) is 7.98. The van der Waals surface area contributed by atoms with Crippen LogP contribution in [-0.4, -0.2) is 46.6 Å². The van der Waals surface area contributed by atoms with Gasteiger partial charge in [0.15, 0.2) is 0 Å². The Morgan fingerprint density at radius 1 is 1.25 bits per heavy atom. The van der Waals surface area contributed by atoms with E-state index in [1.807, 2.05) is 47.1 Å². The van der Waals surface area contributed by atoms with Crippen LogP contribution in [-0.2, 0) is 9.53 Å². The summed E-state index contributed by atoms with van der Waals surface area (Å²) in [7, 11) is 0. The Balaban J connectivity index is 1.97. The van der Waals surface area contributed by atoms with Crippen LogP contribution < -0.4 is 9.80 Å². The summed E-state index contributed by atoms with van der Waals surface area (Å²) < 4.78 is 5.14. The first-order chi connectivity index (χ1) is 15.5. The molecule has 1 aromatic carbocycles. The van der Waals surface area contributed by atoms with E-state index >= 15 is 0 Å². The average Bonchev–Trinajstić information content (AvgIpc) is 2.80. The Bertz CT molecular complexity index is 916. The minimum absolute atomic E-state index is 0.0124. The molecule has 9 heteroatoms. The van der Waals surface area contributed by atoms with Gasteiger partial charge in [0.1, 0.15) is 6.33 Å². The van der Waals surface area contributed by atoms with E-state index in [9.17, 15) is 14.9 Å². The zero-order chi connectivity index (χ0) is 23.1. The molecule has 3 rings (SSSR count). The van der Waals surface area contributed by atoms with E-state index in [-0.39, 0.29) is 23.6 Å². The van der Waals surface area contributed by atoms with Crippen LogP contribution in [0.25, 0.3) is 0 Å². The molecule has 0 amide bonds. The number of para-hydroxylation sites is 1. The van der Waals surface area contributed by atoms with Crippen LogP contribution in [0.15, 0.2) is 36.7 Å². The Hall–Kier alpha value is -3.23. The van der Waals surface area contributed by atoms with Crippen LogP contribution in [0.2, 0.25) is 0 Å². The van der Waals surface area contributed by atoms with Gasteiger partial charge in [-0.3, -0.25) is 14.9 Å². The van der Waals surface area contributed by atoms with Gasteiger partial charge >= 0.3 is 11.7 Å². The van der Waals surface area contributed by atoms with Crippen molar-refractivity contribution in [2.75, 3.05) is 29.5 Å². The third-order valence-corrected chi connectivity index (χ3v) is 5.79. The van der Waals surface area contributed by atoms with E-state index in [1.54, 1.807) is 6.92 Å². The number of carbonyl (C=O) groups excluding carboxylic acids is 1. The van der Waals surface area contributed by atoms with Gasteiger partial charge in [-0.15, -0.1) is 0 Å². The Morgan fingerprint density at radius 3 is 2.53 bits per heavy atom. The smallest absolute Gasteiger partial charge is 0.354 e. The molecular weight excluding hydrogens is 410 g/mol. The standard InChI is InChI=1S/C23H31N5O4/c1-4-9-17(3)27(19-10-7-6-8-11-19)22-20(28(30)31)21(24-16-25-22)26-14-12-18(13-15-26)23(29)32-5-2/h6-8,10-11,16-18H,4-5,9,12-15H2,1-3H3. The number of rotatable bonds is 9. The maximum atomic E-state index is 12.3. The molecule has 9 nitrogen and oxygen atoms in total. The number of benzene rings is 1. The van der Waals surface area contributed by atoms with Crippen LogP contribution >= 0.6 is 0 Å². The van der Waals surface area contributed by atoms with Gasteiger partial charge in [-0.2, -0.15) is 0 Å². The highest BCUT2D eigenvalue weighted by atomic mass is 16.6. The Labute approximate surface area is 188 Å². The third-order valence-electron chi connectivity index (χ3n) is 5.79. The molecule has 2 heterocycles. The van der Waals surface area contributed by atoms with Crippen LogP contribution in [0.5, 0.6) is 0 Å². The summed E-state index contributed by atoms with van der Waals surface area (Å²) in [4.78, 5) is 36.4. The van der Waals surface area contributed by atoms with E-state index in [1.165, 1.54) is 6.33 Å². The fourth-order valence-corrected chi connectivity index (χ4v) is 4.24. The first-order valence-corrected chi connectivity index (χ1v) is 11.2. The minimum atomic E-state index is -0.392. The summed E-state index contributed by atoms with van der Waals surface area (Å²) >= 11 is 0. The summed E-state index contributed by atoms with van der Waals surface area (Å²) in [5.74, 6) is 0.206. The lowest BCUT2D eigenvalue weighted by molar-refractivity contribution is -0.383. The van der Waals surface area contributed by atoms with E-state index in [4.69, 9.17) is 4.74 Å². The lowest BCUT2D eigenvalue weighted by atomic mass is 9.97. The number of anilines is 3. The van der Waals surface area contributed by atoms with Crippen molar-refractivity contribution in [1.82, 2.24) is 9.97 Å². The SMILES string of the molecule is CCCC(C)N(c1ccccc1)c1ncnc(N2CCC(C(=O)OCC)CC2)c1[N+](=O)[O-]. The van der Waals surface area contributed by atoms with Crippen molar-refractivity contribution in [2.45, 2.75) is 52.5 Å². The topological polar surface area (TPSA) is 102 Å². The second-order valence-electron chi connectivity index (χ2n) is 7.98. The lowest BCUT2D eigenvalue weighted by Crippen LogP contribution is -2.38. The molecule has 2 aromatic rings. The molecule has 172 valence electrons. The first kappa shape index (κ1) is 23.4. The number of ether oxygens (including phenoxy) is 1. The molecule has 1 fully saturated rings. The fraction of sp³-hybridized carbons (Fsp3) is 0.522. The number of hydrogen-bond donors (Lipinski definition) is 0. The summed E-state index contributed by atoms with van der Waals surface area (Å²) in [5, 5.41) is 12.3. The maximum Gasteiger partial charge on any atom is 0.354 e. The molecule has 0 radical (unpaired) electrons. The molecule has 1 aliphatic heterocycles. The Kier molecular flexibility index (Phi) is 7.97. The second kappa shape index (κ2) is 10.9. The van der Waals surface area contributed by atoms with Crippen molar-refractivity contribution in [3.63, 3.8) is 0 Å². The van der Waals surface area contributed by atoms with Crippen molar-refractivity contribution in [2.24, 2.45) is 5.92 Å². The van der Waals surface area contributed by atoms with Crippen molar-refractivity contribution >= 4 is 29.0 Å². The number of nitrogens with zero attached hydrogens (tertiary/aromatic N) is 5. The molecule has 0 spiro atoms. The zero-order valence-corrected chi connectivity index (χ0v) is 18.9. The highest BCUT2D eigenvalue weighted by Crippen LogP contribution is 2.40. The molecule has 1 unspecified atom stereocenters. The maximum absolute atomic E-state index is 12.3. The predicted molar refractivity (Wildman–Crippen MR) is 123 cm³/mol. The van der Waals surface area contributed by atoms with Crippen LogP contribution in [0.1, 0.15) is 46.5 Å². The molecule has 0 aliphatic carbocycles. The molecule has 0 saturated carbocycles. The van der Waals surface area contributed by atoms with Crippen LogP contribution in [0.3, 0.4) is 0 Å². The van der Waals surface area contributed by atoms with Crippen molar-refractivity contribution in [3.05, 3.63) is 46.8 Å². The molecule has 1 atom stereocenters. The highest BCUT2D eigenvalue weighted by molar-refractivity contribution is 5.77. The molecular formula is C23H31N5O4. The molecule has 0 N–H and O–H groups in total. The van der Waals surface area contributed by atoms with Gasteiger partial charge in [0.25, 0.3) is 0 Å². The number of aromatic nitrogens is 2. The number of hydrogen-bond acceptors (Lipinski definition) is 8. The summed E-state index contributed by atoms with van der Waals surface area (Å²) in [6, 6.07) is 9.62. The summed E-state index contributed by atoms with van der Waals surface area (Å²) in [5.41, 5.74) is 0.746. The molecule has 1 aromatic heterocycles. The Morgan fingerprint density at radius 2 is 1.94 bits per heavy atom. The van der Waals surface area contributed by atoms with Gasteiger partial charge in [-0.1, -0.05) is 31.5 Å². The van der Waals surface area contributed by atoms with E-state index in [2.05, 4.69) is 16.9 Å². The van der Waals surface area contributed by atoms with Crippen LogP contribution in [0, 0.1) is 16.0 Å².